The Morgan fingerprint density at radius 3 is 2.32 bits per heavy atom. The number of aromatic nitrogens is 1. The van der Waals surface area contributed by atoms with Crippen molar-refractivity contribution in [3.8, 4) is 5.75 Å². The predicted molar refractivity (Wildman–Crippen MR) is 116 cm³/mol. The van der Waals surface area contributed by atoms with E-state index in [1.807, 2.05) is 0 Å². The van der Waals surface area contributed by atoms with Crippen LogP contribution in [0.1, 0.15) is 44.2 Å². The molecule has 2 heterocycles. The Labute approximate surface area is 181 Å². The maximum Gasteiger partial charge on any atom is 0.345 e. The lowest BCUT2D eigenvalue weighted by molar-refractivity contribution is 0.256. The zero-order chi connectivity index (χ0) is 22.3. The van der Waals surface area contributed by atoms with Crippen molar-refractivity contribution >= 4 is 21.0 Å². The Kier molecular flexibility index (Phi) is 5.79. The van der Waals surface area contributed by atoms with Crippen LogP contribution in [0.2, 0.25) is 0 Å². The van der Waals surface area contributed by atoms with Crippen molar-refractivity contribution in [3.05, 3.63) is 59.8 Å². The number of likely N-dealkylation sites (tertiary alicyclic amines) is 1. The first-order chi connectivity index (χ1) is 14.7. The lowest BCUT2D eigenvalue weighted by atomic mass is 9.89. The van der Waals surface area contributed by atoms with E-state index in [1.54, 1.807) is 12.1 Å². The molecular weight excluding hydrogens is 422 g/mol. The molecule has 0 spiro atoms. The van der Waals surface area contributed by atoms with Crippen molar-refractivity contribution in [2.75, 3.05) is 20.1 Å². The van der Waals surface area contributed by atoms with Gasteiger partial charge in [0.15, 0.2) is 4.90 Å². The summed E-state index contributed by atoms with van der Waals surface area (Å²) in [6.45, 7) is 6.17. The summed E-state index contributed by atoms with van der Waals surface area (Å²) in [4.78, 5) is 1.22. The maximum absolute atomic E-state index is 14.0. The average Bonchev–Trinajstić information content (AvgIpc) is 3.07. The minimum atomic E-state index is -4.66. The predicted octanol–water partition coefficient (Wildman–Crippen LogP) is 5.08. The van der Waals surface area contributed by atoms with Gasteiger partial charge in [0.1, 0.15) is 17.4 Å². The summed E-state index contributed by atoms with van der Waals surface area (Å²) >= 11 is 0. The van der Waals surface area contributed by atoms with Crippen LogP contribution in [0.5, 0.6) is 5.75 Å². The van der Waals surface area contributed by atoms with Gasteiger partial charge >= 0.3 is 10.1 Å². The summed E-state index contributed by atoms with van der Waals surface area (Å²) in [5, 5.41) is 0.907. The molecule has 5 nitrogen and oxygen atoms in total. The molecule has 2 aromatic carbocycles. The normalized spacial score (nSPS) is 16.3. The highest BCUT2D eigenvalue weighted by molar-refractivity contribution is 7.87. The second-order valence-electron chi connectivity index (χ2n) is 8.43. The lowest BCUT2D eigenvalue weighted by Gasteiger charge is -2.28. The number of fused-ring (bicyclic) bond motifs is 1. The molecule has 1 aliphatic rings. The molecule has 1 fully saturated rings. The third-order valence-electron chi connectivity index (χ3n) is 5.92. The molecule has 0 amide bonds. The van der Waals surface area contributed by atoms with Crippen LogP contribution in [0, 0.1) is 11.6 Å². The fourth-order valence-electron chi connectivity index (χ4n) is 4.27. The zero-order valence-corrected chi connectivity index (χ0v) is 18.6. The highest BCUT2D eigenvalue weighted by atomic mass is 32.2. The molecule has 0 bridgehead atoms. The van der Waals surface area contributed by atoms with Gasteiger partial charge in [0.2, 0.25) is 0 Å². The molecule has 8 heteroatoms. The zero-order valence-electron chi connectivity index (χ0n) is 17.8. The van der Waals surface area contributed by atoms with E-state index >= 15 is 0 Å². The first-order valence-electron chi connectivity index (χ1n) is 10.4. The maximum atomic E-state index is 14.0. The second-order valence-corrected chi connectivity index (χ2v) is 9.91. The Morgan fingerprint density at radius 2 is 1.71 bits per heavy atom. The van der Waals surface area contributed by atoms with E-state index in [4.69, 9.17) is 4.18 Å². The number of piperidine rings is 1. The van der Waals surface area contributed by atoms with Gasteiger partial charge < -0.3 is 13.7 Å². The molecule has 0 unspecified atom stereocenters. The van der Waals surface area contributed by atoms with E-state index in [0.717, 1.165) is 60.6 Å². The van der Waals surface area contributed by atoms with Crippen molar-refractivity contribution in [2.24, 2.45) is 0 Å². The van der Waals surface area contributed by atoms with E-state index in [1.165, 1.54) is 6.07 Å². The highest BCUT2D eigenvalue weighted by Crippen LogP contribution is 2.37. The Hall–Kier alpha value is -2.45. The quantitative estimate of drug-likeness (QED) is 0.511. The summed E-state index contributed by atoms with van der Waals surface area (Å²) in [7, 11) is -2.56. The average molecular weight is 449 g/mol. The number of nitrogens with zero attached hydrogens (tertiary/aromatic N) is 2. The minimum absolute atomic E-state index is 0.0332. The molecule has 1 aromatic heterocycles. The third kappa shape index (κ3) is 4.19. The Bertz CT molecular complexity index is 1190. The van der Waals surface area contributed by atoms with Crippen LogP contribution in [-0.2, 0) is 10.1 Å². The molecule has 31 heavy (non-hydrogen) atoms. The lowest BCUT2D eigenvalue weighted by Crippen LogP contribution is -2.29. The van der Waals surface area contributed by atoms with Gasteiger partial charge in [-0.15, -0.1) is 0 Å². The molecule has 0 radical (unpaired) electrons. The summed E-state index contributed by atoms with van der Waals surface area (Å²) in [5.74, 6) is -1.97. The van der Waals surface area contributed by atoms with Crippen molar-refractivity contribution in [1.82, 2.24) is 9.47 Å². The van der Waals surface area contributed by atoms with Crippen LogP contribution in [0.4, 0.5) is 8.78 Å². The fourth-order valence-corrected chi connectivity index (χ4v) is 5.33. The molecule has 3 aromatic rings. The number of rotatable bonds is 5. The van der Waals surface area contributed by atoms with Gasteiger partial charge in [-0.25, -0.2) is 8.78 Å². The van der Waals surface area contributed by atoms with Gasteiger partial charge in [0.25, 0.3) is 0 Å². The molecule has 0 N–H and O–H groups in total. The van der Waals surface area contributed by atoms with Gasteiger partial charge in [-0.05, 0) is 88.6 Å². The molecule has 0 aliphatic carbocycles. The van der Waals surface area contributed by atoms with E-state index in [2.05, 4.69) is 36.6 Å². The summed E-state index contributed by atoms with van der Waals surface area (Å²) < 4.78 is 60.6. The van der Waals surface area contributed by atoms with Crippen molar-refractivity contribution in [2.45, 2.75) is 43.5 Å². The number of hydrogen-bond acceptors (Lipinski definition) is 4. The monoisotopic (exact) mass is 448 g/mol. The van der Waals surface area contributed by atoms with Crippen LogP contribution in [0.25, 0.3) is 10.9 Å². The Balaban J connectivity index is 1.76. The van der Waals surface area contributed by atoms with Crippen molar-refractivity contribution in [3.63, 3.8) is 0 Å². The standard InChI is InChI=1S/C23H26F2N2O3S/c1-15(2)27-14-19(16-9-11-26(3)12-10-16)18-13-17(7-8-22(18)27)30-31(28,29)23-20(24)5-4-6-21(23)25/h4-8,13-16H,9-12H2,1-3H3. The summed E-state index contributed by atoms with van der Waals surface area (Å²) in [6, 6.07) is 8.11. The molecular formula is C23H26F2N2O3S. The van der Waals surface area contributed by atoms with Gasteiger partial charge in [-0.1, -0.05) is 6.07 Å². The topological polar surface area (TPSA) is 51.5 Å². The van der Waals surface area contributed by atoms with E-state index < -0.39 is 26.6 Å². The SMILES string of the molecule is CC(C)n1cc(C2CCN(C)CC2)c2cc(OS(=O)(=O)c3c(F)cccc3F)ccc21. The Morgan fingerprint density at radius 1 is 1.06 bits per heavy atom. The molecule has 4 rings (SSSR count). The molecule has 0 atom stereocenters. The van der Waals surface area contributed by atoms with E-state index in [0.29, 0.717) is 5.92 Å². The first-order valence-corrected chi connectivity index (χ1v) is 11.8. The first kappa shape index (κ1) is 21.8. The van der Waals surface area contributed by atoms with E-state index in [-0.39, 0.29) is 11.8 Å². The van der Waals surface area contributed by atoms with E-state index in [9.17, 15) is 17.2 Å². The van der Waals surface area contributed by atoms with Crippen molar-refractivity contribution < 1.29 is 21.4 Å². The molecule has 0 saturated carbocycles. The van der Waals surface area contributed by atoms with Crippen LogP contribution in [0.15, 0.2) is 47.5 Å². The molecule has 166 valence electrons. The number of hydrogen-bond donors (Lipinski definition) is 0. The largest absolute Gasteiger partial charge is 0.379 e. The highest BCUT2D eigenvalue weighted by Gasteiger charge is 2.27. The van der Waals surface area contributed by atoms with Crippen molar-refractivity contribution in [1.29, 1.82) is 0 Å². The third-order valence-corrected chi connectivity index (χ3v) is 7.23. The number of benzene rings is 2. The summed E-state index contributed by atoms with van der Waals surface area (Å²) in [6.07, 6.45) is 4.16. The van der Waals surface area contributed by atoms with Crippen LogP contribution < -0.4 is 4.18 Å². The van der Waals surface area contributed by atoms with Crippen LogP contribution >= 0.6 is 0 Å². The fraction of sp³-hybridized carbons (Fsp3) is 0.391. The second kappa shape index (κ2) is 8.24. The molecule has 1 aliphatic heterocycles. The van der Waals surface area contributed by atoms with Crippen LogP contribution in [0.3, 0.4) is 0 Å². The van der Waals surface area contributed by atoms with Gasteiger partial charge in [-0.2, -0.15) is 8.42 Å². The molecule has 1 saturated heterocycles. The van der Waals surface area contributed by atoms with Gasteiger partial charge in [0.05, 0.1) is 0 Å². The van der Waals surface area contributed by atoms with Gasteiger partial charge in [0, 0.05) is 23.1 Å². The summed E-state index contributed by atoms with van der Waals surface area (Å²) in [5.41, 5.74) is 2.13. The number of halogens is 2. The van der Waals surface area contributed by atoms with Gasteiger partial charge in [-0.3, -0.25) is 0 Å². The smallest absolute Gasteiger partial charge is 0.345 e. The minimum Gasteiger partial charge on any atom is -0.379 e. The van der Waals surface area contributed by atoms with Crippen LogP contribution in [-0.4, -0.2) is 38.0 Å².